The number of piperazine rings is 1. The van der Waals surface area contributed by atoms with Crippen molar-refractivity contribution in [2.75, 3.05) is 26.2 Å². The predicted octanol–water partition coefficient (Wildman–Crippen LogP) is 3.13. The van der Waals surface area contributed by atoms with Crippen LogP contribution in [0.1, 0.15) is 34.5 Å². The first-order valence-electron chi connectivity index (χ1n) is 10.3. The lowest BCUT2D eigenvalue weighted by molar-refractivity contribution is -0.137. The summed E-state index contributed by atoms with van der Waals surface area (Å²) in [7, 11) is 0. The van der Waals surface area contributed by atoms with Gasteiger partial charge in [0.2, 0.25) is 11.8 Å². The van der Waals surface area contributed by atoms with E-state index in [2.05, 4.69) is 10.3 Å². The molecule has 2 aromatic rings. The van der Waals surface area contributed by atoms with E-state index in [1.807, 2.05) is 0 Å². The van der Waals surface area contributed by atoms with E-state index in [1.54, 1.807) is 28.0 Å². The Labute approximate surface area is 193 Å². The molecule has 1 aliphatic heterocycles. The summed E-state index contributed by atoms with van der Waals surface area (Å²) in [5, 5.41) is 2.76. The first kappa shape index (κ1) is 24.5. The van der Waals surface area contributed by atoms with Crippen molar-refractivity contribution in [3.8, 4) is 0 Å². The van der Waals surface area contributed by atoms with Crippen molar-refractivity contribution in [1.82, 2.24) is 20.1 Å². The highest BCUT2D eigenvalue weighted by molar-refractivity contribution is 6.29. The number of carbonyl (C=O) groups excluding carboxylic acids is 3. The lowest BCUT2D eigenvalue weighted by Crippen LogP contribution is -2.50. The number of pyridine rings is 1. The molecule has 1 fully saturated rings. The van der Waals surface area contributed by atoms with Gasteiger partial charge in [-0.2, -0.15) is 13.2 Å². The molecular formula is C22H22ClF3N4O3. The normalized spacial score (nSPS) is 14.2. The van der Waals surface area contributed by atoms with Gasteiger partial charge in [-0.15, -0.1) is 0 Å². The standard InChI is InChI=1S/C22H22ClF3N4O3/c23-18-6-2-5-17(28-18)21(33)30-11-9-29(10-12-30)20(32)8-7-19(31)27-14-15-3-1-4-16(13-15)22(24,25)26/h1-6,13H,7-12,14H2,(H,27,31). The number of hydrogen-bond donors (Lipinski definition) is 1. The van der Waals surface area contributed by atoms with Gasteiger partial charge in [-0.05, 0) is 29.8 Å². The van der Waals surface area contributed by atoms with Crippen LogP contribution in [0, 0.1) is 0 Å². The smallest absolute Gasteiger partial charge is 0.352 e. The monoisotopic (exact) mass is 482 g/mol. The number of hydrogen-bond acceptors (Lipinski definition) is 4. The summed E-state index contributed by atoms with van der Waals surface area (Å²) < 4.78 is 38.3. The van der Waals surface area contributed by atoms with Crippen LogP contribution in [0.3, 0.4) is 0 Å². The van der Waals surface area contributed by atoms with Crippen molar-refractivity contribution in [1.29, 1.82) is 0 Å². The number of rotatable bonds is 6. The molecule has 1 aromatic carbocycles. The fraction of sp³-hybridized carbons (Fsp3) is 0.364. The number of amides is 3. The molecule has 176 valence electrons. The van der Waals surface area contributed by atoms with Crippen molar-refractivity contribution >= 4 is 29.3 Å². The van der Waals surface area contributed by atoms with Crippen molar-refractivity contribution < 1.29 is 27.6 Å². The Kier molecular flexibility index (Phi) is 7.91. The maximum atomic E-state index is 12.8. The first-order valence-corrected chi connectivity index (χ1v) is 10.6. The largest absolute Gasteiger partial charge is 0.416 e. The van der Waals surface area contributed by atoms with Gasteiger partial charge >= 0.3 is 6.18 Å². The zero-order valence-electron chi connectivity index (χ0n) is 17.6. The highest BCUT2D eigenvalue weighted by atomic mass is 35.5. The highest BCUT2D eigenvalue weighted by Gasteiger charge is 2.30. The van der Waals surface area contributed by atoms with Crippen molar-refractivity contribution in [3.05, 3.63) is 64.4 Å². The number of carbonyl (C=O) groups is 3. The fourth-order valence-corrected chi connectivity index (χ4v) is 3.54. The van der Waals surface area contributed by atoms with Crippen LogP contribution < -0.4 is 5.32 Å². The van der Waals surface area contributed by atoms with E-state index in [4.69, 9.17) is 11.6 Å². The molecule has 1 aliphatic rings. The van der Waals surface area contributed by atoms with E-state index in [0.29, 0.717) is 31.7 Å². The zero-order valence-corrected chi connectivity index (χ0v) is 18.3. The second-order valence-electron chi connectivity index (χ2n) is 7.49. The van der Waals surface area contributed by atoms with Gasteiger partial charge in [-0.3, -0.25) is 14.4 Å². The summed E-state index contributed by atoms with van der Waals surface area (Å²) in [5.41, 5.74) is -0.229. The van der Waals surface area contributed by atoms with Gasteiger partial charge in [0.25, 0.3) is 5.91 Å². The van der Waals surface area contributed by atoms with Crippen LogP contribution in [0.5, 0.6) is 0 Å². The molecule has 3 amide bonds. The molecule has 2 heterocycles. The van der Waals surface area contributed by atoms with Gasteiger partial charge in [0, 0.05) is 45.6 Å². The predicted molar refractivity (Wildman–Crippen MR) is 114 cm³/mol. The van der Waals surface area contributed by atoms with Crippen LogP contribution in [0.15, 0.2) is 42.5 Å². The molecule has 0 spiro atoms. The Bertz CT molecular complexity index is 1020. The average Bonchev–Trinajstić information content (AvgIpc) is 2.80. The summed E-state index contributed by atoms with van der Waals surface area (Å²) in [5.74, 6) is -0.919. The zero-order chi connectivity index (χ0) is 24.0. The molecule has 0 aliphatic carbocycles. The number of aromatic nitrogens is 1. The number of alkyl halides is 3. The van der Waals surface area contributed by atoms with Crippen molar-refractivity contribution in [2.24, 2.45) is 0 Å². The fourth-order valence-electron chi connectivity index (χ4n) is 3.37. The Morgan fingerprint density at radius 1 is 0.970 bits per heavy atom. The summed E-state index contributed by atoms with van der Waals surface area (Å²) in [6.45, 7) is 1.27. The molecule has 1 N–H and O–H groups in total. The van der Waals surface area contributed by atoms with E-state index >= 15 is 0 Å². The van der Waals surface area contributed by atoms with Crippen LogP contribution in [0.25, 0.3) is 0 Å². The molecule has 3 rings (SSSR count). The van der Waals surface area contributed by atoms with Crippen LogP contribution in [0.4, 0.5) is 13.2 Å². The van der Waals surface area contributed by atoms with E-state index in [0.717, 1.165) is 12.1 Å². The minimum Gasteiger partial charge on any atom is -0.352 e. The maximum Gasteiger partial charge on any atom is 0.416 e. The molecular weight excluding hydrogens is 461 g/mol. The molecule has 0 atom stereocenters. The number of nitrogens with zero attached hydrogens (tertiary/aromatic N) is 3. The average molecular weight is 483 g/mol. The molecule has 1 saturated heterocycles. The minimum absolute atomic E-state index is 0.0295. The maximum absolute atomic E-state index is 12.8. The summed E-state index contributed by atoms with van der Waals surface area (Å²) in [6.07, 6.45) is -4.56. The Hall–Kier alpha value is -3.14. The van der Waals surface area contributed by atoms with Crippen molar-refractivity contribution in [3.63, 3.8) is 0 Å². The van der Waals surface area contributed by atoms with Crippen LogP contribution in [-0.2, 0) is 22.3 Å². The van der Waals surface area contributed by atoms with E-state index in [1.165, 1.54) is 12.1 Å². The Morgan fingerprint density at radius 3 is 2.30 bits per heavy atom. The van der Waals surface area contributed by atoms with Crippen LogP contribution >= 0.6 is 11.6 Å². The third kappa shape index (κ3) is 6.92. The minimum atomic E-state index is -4.45. The SMILES string of the molecule is O=C(CCC(=O)N1CCN(C(=O)c2cccc(Cl)n2)CC1)NCc1cccc(C(F)(F)F)c1. The first-order chi connectivity index (χ1) is 15.6. The van der Waals surface area contributed by atoms with E-state index in [9.17, 15) is 27.6 Å². The third-order valence-electron chi connectivity index (χ3n) is 5.16. The molecule has 0 radical (unpaired) electrons. The second-order valence-corrected chi connectivity index (χ2v) is 7.88. The molecule has 1 aromatic heterocycles. The van der Waals surface area contributed by atoms with Gasteiger partial charge < -0.3 is 15.1 Å². The van der Waals surface area contributed by atoms with Gasteiger partial charge in [0.15, 0.2) is 0 Å². The Balaban J connectivity index is 1.40. The number of nitrogens with one attached hydrogen (secondary N) is 1. The van der Waals surface area contributed by atoms with Gasteiger partial charge in [0.1, 0.15) is 10.8 Å². The van der Waals surface area contributed by atoms with Gasteiger partial charge in [-0.1, -0.05) is 29.8 Å². The molecule has 0 saturated carbocycles. The topological polar surface area (TPSA) is 82.6 Å². The van der Waals surface area contributed by atoms with Crippen LogP contribution in [0.2, 0.25) is 5.15 Å². The molecule has 0 unspecified atom stereocenters. The highest BCUT2D eigenvalue weighted by Crippen LogP contribution is 2.29. The van der Waals surface area contributed by atoms with E-state index in [-0.39, 0.29) is 42.0 Å². The lowest BCUT2D eigenvalue weighted by atomic mass is 10.1. The molecule has 0 bridgehead atoms. The summed E-state index contributed by atoms with van der Waals surface area (Å²) >= 11 is 5.82. The quantitative estimate of drug-likeness (QED) is 0.641. The van der Waals surface area contributed by atoms with Gasteiger partial charge in [0.05, 0.1) is 5.56 Å². The number of benzene rings is 1. The van der Waals surface area contributed by atoms with Gasteiger partial charge in [-0.25, -0.2) is 4.98 Å². The Morgan fingerprint density at radius 2 is 1.64 bits per heavy atom. The number of halogens is 4. The summed E-state index contributed by atoms with van der Waals surface area (Å²) in [6, 6.07) is 9.49. The summed E-state index contributed by atoms with van der Waals surface area (Å²) in [4.78, 5) is 44.1. The van der Waals surface area contributed by atoms with Crippen molar-refractivity contribution in [2.45, 2.75) is 25.6 Å². The second kappa shape index (κ2) is 10.7. The molecule has 33 heavy (non-hydrogen) atoms. The molecule has 7 nitrogen and oxygen atoms in total. The lowest BCUT2D eigenvalue weighted by Gasteiger charge is -2.34. The van der Waals surface area contributed by atoms with Crippen LogP contribution in [-0.4, -0.2) is 58.7 Å². The van der Waals surface area contributed by atoms with E-state index < -0.39 is 17.6 Å². The third-order valence-corrected chi connectivity index (χ3v) is 5.37. The molecule has 11 heteroatoms.